The van der Waals surface area contributed by atoms with Crippen LogP contribution < -0.4 is 16.0 Å². The predicted octanol–water partition coefficient (Wildman–Crippen LogP) is 3.12. The molecule has 0 saturated heterocycles. The number of rotatable bonds is 7. The maximum absolute atomic E-state index is 11.9. The van der Waals surface area contributed by atoms with Crippen LogP contribution in [0.25, 0.3) is 0 Å². The normalized spacial score (nSPS) is 11.6. The number of benzene rings is 1. The Hall–Kier alpha value is -2.56. The van der Waals surface area contributed by atoms with Crippen molar-refractivity contribution in [1.82, 2.24) is 15.6 Å². The molecule has 1 heterocycles. The molecule has 1 aromatic carbocycles. The second kappa shape index (κ2) is 8.78. The number of nitrogens with one attached hydrogen (secondary N) is 3. The molecule has 1 atom stereocenters. The minimum absolute atomic E-state index is 0.0235. The summed E-state index contributed by atoms with van der Waals surface area (Å²) < 4.78 is 0. The van der Waals surface area contributed by atoms with Crippen molar-refractivity contribution < 1.29 is 4.79 Å². The van der Waals surface area contributed by atoms with E-state index in [1.165, 1.54) is 5.56 Å². The summed E-state index contributed by atoms with van der Waals surface area (Å²) in [6.45, 7) is 5.27. The van der Waals surface area contributed by atoms with Crippen molar-refractivity contribution >= 4 is 11.8 Å². The Morgan fingerprint density at radius 2 is 1.91 bits per heavy atom. The van der Waals surface area contributed by atoms with Gasteiger partial charge in [0.2, 0.25) is 0 Å². The fraction of sp³-hybridized carbons (Fsp3) is 0.333. The smallest absolute Gasteiger partial charge is 0.315 e. The van der Waals surface area contributed by atoms with Crippen LogP contribution in [0, 0.1) is 0 Å². The quantitative estimate of drug-likeness (QED) is 0.688. The molecule has 0 fully saturated rings. The van der Waals surface area contributed by atoms with Crippen LogP contribution in [0.15, 0.2) is 48.7 Å². The highest BCUT2D eigenvalue weighted by Crippen LogP contribution is 2.13. The summed E-state index contributed by atoms with van der Waals surface area (Å²) in [6.07, 6.45) is 2.75. The van der Waals surface area contributed by atoms with Gasteiger partial charge >= 0.3 is 6.03 Å². The second-order valence-corrected chi connectivity index (χ2v) is 5.36. The number of aryl methyl sites for hydroxylation is 1. The zero-order valence-electron chi connectivity index (χ0n) is 13.7. The number of urea groups is 1. The fourth-order valence-electron chi connectivity index (χ4n) is 2.21. The van der Waals surface area contributed by atoms with Gasteiger partial charge in [0, 0.05) is 19.3 Å². The van der Waals surface area contributed by atoms with Crippen molar-refractivity contribution in [2.24, 2.45) is 0 Å². The molecule has 5 nitrogen and oxygen atoms in total. The SMILES string of the molecule is CCc1ccc(C(C)NC(=O)NCCNc2ccccn2)cc1. The number of carbonyl (C=O) groups excluding carboxylic acids is 1. The molecule has 2 rings (SSSR count). The van der Waals surface area contributed by atoms with Gasteiger partial charge in [-0.3, -0.25) is 0 Å². The van der Waals surface area contributed by atoms with Gasteiger partial charge < -0.3 is 16.0 Å². The summed E-state index contributed by atoms with van der Waals surface area (Å²) in [5.74, 6) is 0.805. The summed E-state index contributed by atoms with van der Waals surface area (Å²) in [5, 5.41) is 8.92. The van der Waals surface area contributed by atoms with Gasteiger partial charge in [-0.05, 0) is 36.6 Å². The Morgan fingerprint density at radius 3 is 2.57 bits per heavy atom. The van der Waals surface area contributed by atoms with E-state index in [4.69, 9.17) is 0 Å². The number of pyridine rings is 1. The third-order valence-corrected chi connectivity index (χ3v) is 3.62. The first-order chi connectivity index (χ1) is 11.2. The molecular weight excluding hydrogens is 288 g/mol. The van der Waals surface area contributed by atoms with E-state index >= 15 is 0 Å². The van der Waals surface area contributed by atoms with Gasteiger partial charge in [-0.15, -0.1) is 0 Å². The van der Waals surface area contributed by atoms with Gasteiger partial charge in [0.05, 0.1) is 6.04 Å². The monoisotopic (exact) mass is 312 g/mol. The van der Waals surface area contributed by atoms with Gasteiger partial charge in [0.25, 0.3) is 0 Å². The largest absolute Gasteiger partial charge is 0.368 e. The molecule has 2 aromatic rings. The number of anilines is 1. The fourth-order valence-corrected chi connectivity index (χ4v) is 2.21. The molecule has 0 aliphatic heterocycles. The van der Waals surface area contributed by atoms with E-state index in [0.29, 0.717) is 13.1 Å². The van der Waals surface area contributed by atoms with E-state index in [1.54, 1.807) is 6.20 Å². The van der Waals surface area contributed by atoms with Crippen molar-refractivity contribution in [1.29, 1.82) is 0 Å². The van der Waals surface area contributed by atoms with E-state index in [-0.39, 0.29) is 12.1 Å². The molecule has 1 aromatic heterocycles. The second-order valence-electron chi connectivity index (χ2n) is 5.36. The van der Waals surface area contributed by atoms with Crippen molar-refractivity contribution in [2.75, 3.05) is 18.4 Å². The summed E-state index contributed by atoms with van der Waals surface area (Å²) >= 11 is 0. The van der Waals surface area contributed by atoms with Crippen molar-refractivity contribution in [2.45, 2.75) is 26.3 Å². The molecule has 23 heavy (non-hydrogen) atoms. The van der Waals surface area contributed by atoms with Crippen LogP contribution in [-0.2, 0) is 6.42 Å². The lowest BCUT2D eigenvalue weighted by Crippen LogP contribution is -2.39. The molecule has 3 N–H and O–H groups in total. The first kappa shape index (κ1) is 16.8. The molecule has 0 aliphatic rings. The first-order valence-electron chi connectivity index (χ1n) is 7.97. The van der Waals surface area contributed by atoms with Crippen molar-refractivity contribution in [3.05, 3.63) is 59.8 Å². The Morgan fingerprint density at radius 1 is 1.13 bits per heavy atom. The standard InChI is InChI=1S/C18H24N4O/c1-3-15-7-9-16(10-8-15)14(2)22-18(23)21-13-12-20-17-6-4-5-11-19-17/h4-11,14H,3,12-13H2,1-2H3,(H,19,20)(H2,21,22,23). The number of carbonyl (C=O) groups is 1. The highest BCUT2D eigenvalue weighted by atomic mass is 16.2. The van der Waals surface area contributed by atoms with Crippen molar-refractivity contribution in [3.8, 4) is 0 Å². The van der Waals surface area contributed by atoms with E-state index in [9.17, 15) is 4.79 Å². The van der Waals surface area contributed by atoms with Crippen LogP contribution >= 0.6 is 0 Å². The molecule has 0 aliphatic carbocycles. The van der Waals surface area contributed by atoms with Gasteiger partial charge in [-0.1, -0.05) is 37.3 Å². The summed E-state index contributed by atoms with van der Waals surface area (Å²) in [7, 11) is 0. The van der Waals surface area contributed by atoms with Gasteiger partial charge in [-0.2, -0.15) is 0 Å². The lowest BCUT2D eigenvalue weighted by Gasteiger charge is -2.15. The van der Waals surface area contributed by atoms with E-state index in [0.717, 1.165) is 17.8 Å². The molecule has 0 radical (unpaired) electrons. The summed E-state index contributed by atoms with van der Waals surface area (Å²) in [6, 6.07) is 13.8. The Kier molecular flexibility index (Phi) is 6.41. The van der Waals surface area contributed by atoms with Crippen LogP contribution in [0.3, 0.4) is 0 Å². The molecule has 122 valence electrons. The number of hydrogen-bond donors (Lipinski definition) is 3. The Balaban J connectivity index is 1.69. The van der Waals surface area contributed by atoms with Crippen LogP contribution in [0.1, 0.15) is 31.0 Å². The topological polar surface area (TPSA) is 66.1 Å². The van der Waals surface area contributed by atoms with Crippen LogP contribution in [0.4, 0.5) is 10.6 Å². The van der Waals surface area contributed by atoms with E-state index in [1.807, 2.05) is 25.1 Å². The molecule has 5 heteroatoms. The third-order valence-electron chi connectivity index (χ3n) is 3.62. The average Bonchev–Trinajstić information content (AvgIpc) is 2.59. The van der Waals surface area contributed by atoms with E-state index in [2.05, 4.69) is 52.1 Å². The minimum atomic E-state index is -0.167. The van der Waals surface area contributed by atoms with Gasteiger partial charge in [0.15, 0.2) is 0 Å². The number of nitrogens with zero attached hydrogens (tertiary/aromatic N) is 1. The molecular formula is C18H24N4O. The third kappa shape index (κ3) is 5.62. The molecule has 1 unspecified atom stereocenters. The number of aromatic nitrogens is 1. The Labute approximate surface area is 137 Å². The summed E-state index contributed by atoms with van der Waals surface area (Å²) in [4.78, 5) is 16.1. The zero-order chi connectivity index (χ0) is 16.5. The number of amides is 2. The van der Waals surface area contributed by atoms with Gasteiger partial charge in [-0.25, -0.2) is 9.78 Å². The molecule has 0 saturated carbocycles. The van der Waals surface area contributed by atoms with Crippen LogP contribution in [-0.4, -0.2) is 24.1 Å². The van der Waals surface area contributed by atoms with Crippen LogP contribution in [0.2, 0.25) is 0 Å². The zero-order valence-corrected chi connectivity index (χ0v) is 13.7. The highest BCUT2D eigenvalue weighted by Gasteiger charge is 2.08. The molecule has 0 bridgehead atoms. The maximum Gasteiger partial charge on any atom is 0.315 e. The predicted molar refractivity (Wildman–Crippen MR) is 93.5 cm³/mol. The number of hydrogen-bond acceptors (Lipinski definition) is 3. The summed E-state index contributed by atoms with van der Waals surface area (Å²) in [5.41, 5.74) is 2.40. The van der Waals surface area contributed by atoms with E-state index < -0.39 is 0 Å². The maximum atomic E-state index is 11.9. The van der Waals surface area contributed by atoms with Crippen molar-refractivity contribution in [3.63, 3.8) is 0 Å². The first-order valence-corrected chi connectivity index (χ1v) is 7.97. The van der Waals surface area contributed by atoms with Crippen LogP contribution in [0.5, 0.6) is 0 Å². The molecule has 2 amide bonds. The average molecular weight is 312 g/mol. The van der Waals surface area contributed by atoms with Gasteiger partial charge in [0.1, 0.15) is 5.82 Å². The Bertz CT molecular complexity index is 598. The lowest BCUT2D eigenvalue weighted by molar-refractivity contribution is 0.238. The molecule has 0 spiro atoms. The minimum Gasteiger partial charge on any atom is -0.368 e. The lowest BCUT2D eigenvalue weighted by atomic mass is 10.1. The highest BCUT2D eigenvalue weighted by molar-refractivity contribution is 5.74.